The van der Waals surface area contributed by atoms with E-state index in [4.69, 9.17) is 15.2 Å². The van der Waals surface area contributed by atoms with Crippen molar-refractivity contribution >= 4 is 11.6 Å². The van der Waals surface area contributed by atoms with Crippen LogP contribution in [0.15, 0.2) is 29.6 Å². The van der Waals surface area contributed by atoms with Crippen LogP contribution in [0, 0.1) is 25.2 Å². The molecule has 7 nitrogen and oxygen atoms in total. The number of nitriles is 1. The van der Waals surface area contributed by atoms with Gasteiger partial charge >= 0.3 is 0 Å². The number of carbonyl (C=O) groups is 1. The van der Waals surface area contributed by atoms with Gasteiger partial charge in [-0.05, 0) is 44.9 Å². The van der Waals surface area contributed by atoms with Crippen molar-refractivity contribution < 1.29 is 14.3 Å². The van der Waals surface area contributed by atoms with Crippen LogP contribution in [-0.2, 0) is 4.79 Å². The van der Waals surface area contributed by atoms with Gasteiger partial charge in [0, 0.05) is 23.0 Å². The summed E-state index contributed by atoms with van der Waals surface area (Å²) >= 11 is 0. The van der Waals surface area contributed by atoms with Crippen molar-refractivity contribution in [3.8, 4) is 17.7 Å². The third kappa shape index (κ3) is 3.38. The van der Waals surface area contributed by atoms with Crippen molar-refractivity contribution in [2.45, 2.75) is 33.6 Å². The van der Waals surface area contributed by atoms with Gasteiger partial charge in [-0.15, -0.1) is 0 Å². The van der Waals surface area contributed by atoms with E-state index in [0.717, 1.165) is 27.9 Å². The number of pyridine rings is 1. The Labute approximate surface area is 170 Å². The molecule has 3 rings (SSSR count). The van der Waals surface area contributed by atoms with E-state index in [1.807, 2.05) is 33.8 Å². The summed E-state index contributed by atoms with van der Waals surface area (Å²) in [5.74, 6) is -0.154. The average Bonchev–Trinajstić information content (AvgIpc) is 2.69. The Morgan fingerprint density at radius 1 is 1.31 bits per heavy atom. The summed E-state index contributed by atoms with van der Waals surface area (Å²) in [5, 5.41) is 12.7. The predicted octanol–water partition coefficient (Wildman–Crippen LogP) is 3.29. The summed E-state index contributed by atoms with van der Waals surface area (Å²) in [4.78, 5) is 16.9. The Morgan fingerprint density at radius 3 is 2.62 bits per heavy atom. The van der Waals surface area contributed by atoms with Crippen LogP contribution in [0.2, 0.25) is 0 Å². The highest BCUT2D eigenvalue weighted by Gasteiger charge is 2.37. The Morgan fingerprint density at radius 2 is 2.03 bits per heavy atom. The first-order chi connectivity index (χ1) is 13.8. The summed E-state index contributed by atoms with van der Waals surface area (Å²) in [5.41, 5.74) is 11.4. The number of hydrogen-bond acceptors (Lipinski definition) is 6. The number of hydrogen-bond donors (Lipinski definition) is 2. The number of fused-ring (bicyclic) bond motifs is 1. The molecule has 7 heteroatoms. The lowest BCUT2D eigenvalue weighted by Gasteiger charge is -2.32. The van der Waals surface area contributed by atoms with Gasteiger partial charge in [-0.2, -0.15) is 5.26 Å². The zero-order valence-corrected chi connectivity index (χ0v) is 17.2. The first kappa shape index (κ1) is 20.2. The average molecular weight is 392 g/mol. The zero-order valence-electron chi connectivity index (χ0n) is 17.2. The molecule has 2 aromatic rings. The largest absolute Gasteiger partial charge is 0.496 e. The van der Waals surface area contributed by atoms with Gasteiger partial charge in [0.25, 0.3) is 0 Å². The highest BCUT2D eigenvalue weighted by molar-refractivity contribution is 5.98. The molecule has 0 saturated heterocycles. The van der Waals surface area contributed by atoms with Gasteiger partial charge in [0.2, 0.25) is 11.8 Å². The second kappa shape index (κ2) is 7.84. The van der Waals surface area contributed by atoms with Crippen LogP contribution in [0.5, 0.6) is 11.6 Å². The summed E-state index contributed by atoms with van der Waals surface area (Å²) in [6.07, 6.45) is 1.73. The fraction of sp³-hybridized carbons (Fsp3) is 0.318. The van der Waals surface area contributed by atoms with Crippen LogP contribution in [0.1, 0.15) is 47.6 Å². The third-order valence-electron chi connectivity index (χ3n) is 5.12. The molecular weight excluding hydrogens is 368 g/mol. The quantitative estimate of drug-likeness (QED) is 0.808. The second-order valence-electron chi connectivity index (χ2n) is 6.95. The number of nitrogens with two attached hydrogens (primary N) is 1. The number of anilines is 1. The Bertz CT molecular complexity index is 1070. The van der Waals surface area contributed by atoms with Crippen molar-refractivity contribution in [1.82, 2.24) is 4.98 Å². The molecule has 0 spiro atoms. The van der Waals surface area contributed by atoms with Gasteiger partial charge in [-0.1, -0.05) is 6.07 Å². The monoisotopic (exact) mass is 392 g/mol. The third-order valence-corrected chi connectivity index (χ3v) is 5.12. The number of amides is 1. The molecule has 150 valence electrons. The number of primary amides is 1. The maximum atomic E-state index is 12.5. The standard InChI is InChI=1S/C22H24N4O3/c1-6-29-22-19-18(15-7-11(2)14(9-23)8-16(15)28-5)17(21(24)27)13(4)26-20(19)12(3)10-25-22/h7-8,10,18,26H,6H2,1-5H3,(H2,24,27). The molecule has 1 aromatic carbocycles. The smallest absolute Gasteiger partial charge is 0.247 e. The predicted molar refractivity (Wildman–Crippen MR) is 110 cm³/mol. The van der Waals surface area contributed by atoms with Crippen molar-refractivity contribution in [3.63, 3.8) is 0 Å². The summed E-state index contributed by atoms with van der Waals surface area (Å²) in [6.45, 7) is 7.91. The van der Waals surface area contributed by atoms with Gasteiger partial charge in [-0.25, -0.2) is 4.98 Å². The molecule has 1 amide bonds. The van der Waals surface area contributed by atoms with Gasteiger partial charge in [0.05, 0.1) is 42.5 Å². The molecule has 1 aliphatic rings. The number of aryl methyl sites for hydroxylation is 2. The van der Waals surface area contributed by atoms with E-state index < -0.39 is 11.8 Å². The summed E-state index contributed by atoms with van der Waals surface area (Å²) in [7, 11) is 1.54. The number of ether oxygens (including phenoxy) is 2. The number of rotatable bonds is 5. The Balaban J connectivity index is 2.41. The lowest BCUT2D eigenvalue weighted by atomic mass is 9.79. The molecule has 1 aromatic heterocycles. The SMILES string of the molecule is CCOc1ncc(C)c2c1C(c1cc(C)c(C#N)cc1OC)C(C(N)=O)=C(C)N2. The van der Waals surface area contributed by atoms with E-state index in [0.29, 0.717) is 35.1 Å². The van der Waals surface area contributed by atoms with Crippen molar-refractivity contribution in [2.24, 2.45) is 5.73 Å². The number of aromatic nitrogens is 1. The fourth-order valence-electron chi connectivity index (χ4n) is 3.78. The first-order valence-electron chi connectivity index (χ1n) is 9.32. The molecule has 0 fully saturated rings. The minimum atomic E-state index is -0.543. The number of methoxy groups -OCH3 is 1. The van der Waals surface area contributed by atoms with E-state index in [1.165, 1.54) is 7.11 Å². The van der Waals surface area contributed by atoms with Crippen LogP contribution >= 0.6 is 0 Å². The number of benzene rings is 1. The Hall–Kier alpha value is -3.53. The summed E-state index contributed by atoms with van der Waals surface area (Å²) in [6, 6.07) is 5.72. The normalized spacial score (nSPS) is 15.2. The second-order valence-corrected chi connectivity index (χ2v) is 6.95. The van der Waals surface area contributed by atoms with E-state index in [1.54, 1.807) is 12.3 Å². The van der Waals surface area contributed by atoms with E-state index in [-0.39, 0.29) is 0 Å². The van der Waals surface area contributed by atoms with Crippen LogP contribution in [0.25, 0.3) is 0 Å². The molecule has 1 atom stereocenters. The summed E-state index contributed by atoms with van der Waals surface area (Å²) < 4.78 is 11.4. The molecule has 0 aliphatic carbocycles. The lowest BCUT2D eigenvalue weighted by molar-refractivity contribution is -0.114. The van der Waals surface area contributed by atoms with Crippen LogP contribution in [0.4, 0.5) is 5.69 Å². The minimum absolute atomic E-state index is 0.410. The van der Waals surface area contributed by atoms with Crippen molar-refractivity contribution in [1.29, 1.82) is 5.26 Å². The van der Waals surface area contributed by atoms with Gasteiger partial charge in [-0.3, -0.25) is 4.79 Å². The van der Waals surface area contributed by atoms with Gasteiger partial charge in [0.15, 0.2) is 0 Å². The maximum Gasteiger partial charge on any atom is 0.247 e. The molecule has 3 N–H and O–H groups in total. The number of carbonyl (C=O) groups excluding carboxylic acids is 1. The fourth-order valence-corrected chi connectivity index (χ4v) is 3.78. The van der Waals surface area contributed by atoms with Crippen molar-refractivity contribution in [3.05, 3.63) is 57.4 Å². The number of nitrogens with zero attached hydrogens (tertiary/aromatic N) is 2. The molecule has 0 bridgehead atoms. The van der Waals surface area contributed by atoms with Crippen LogP contribution in [0.3, 0.4) is 0 Å². The highest BCUT2D eigenvalue weighted by atomic mass is 16.5. The van der Waals surface area contributed by atoms with Crippen molar-refractivity contribution in [2.75, 3.05) is 19.0 Å². The number of allylic oxidation sites excluding steroid dienone is 1. The van der Waals surface area contributed by atoms with Crippen LogP contribution < -0.4 is 20.5 Å². The zero-order chi connectivity index (χ0) is 21.3. The minimum Gasteiger partial charge on any atom is -0.496 e. The molecule has 1 unspecified atom stereocenters. The molecular formula is C22H24N4O3. The number of nitrogens with one attached hydrogen (secondary N) is 1. The molecule has 0 radical (unpaired) electrons. The van der Waals surface area contributed by atoms with Gasteiger partial charge in [0.1, 0.15) is 5.75 Å². The van der Waals surface area contributed by atoms with Crippen LogP contribution in [-0.4, -0.2) is 24.6 Å². The lowest BCUT2D eigenvalue weighted by Crippen LogP contribution is -2.28. The molecule has 1 aliphatic heterocycles. The maximum absolute atomic E-state index is 12.5. The van der Waals surface area contributed by atoms with E-state index in [2.05, 4.69) is 16.4 Å². The topological polar surface area (TPSA) is 110 Å². The highest BCUT2D eigenvalue weighted by Crippen LogP contribution is 2.49. The molecule has 2 heterocycles. The van der Waals surface area contributed by atoms with E-state index in [9.17, 15) is 10.1 Å². The molecule has 0 saturated carbocycles. The van der Waals surface area contributed by atoms with E-state index >= 15 is 0 Å². The Kier molecular flexibility index (Phi) is 5.46. The first-order valence-corrected chi connectivity index (χ1v) is 9.32. The van der Waals surface area contributed by atoms with Gasteiger partial charge < -0.3 is 20.5 Å². The molecule has 29 heavy (non-hydrogen) atoms.